The largest absolute Gasteiger partial charge is 0.401 e. The van der Waals surface area contributed by atoms with Crippen LogP contribution >= 0.6 is 0 Å². The Morgan fingerprint density at radius 2 is 2.06 bits per heavy atom. The lowest BCUT2D eigenvalue weighted by Gasteiger charge is -2.45. The Balaban J connectivity index is 2.08. The molecule has 2 aliphatic carbocycles. The van der Waals surface area contributed by atoms with E-state index in [9.17, 15) is 18.0 Å². The highest BCUT2D eigenvalue weighted by molar-refractivity contribution is 5.87. The summed E-state index contributed by atoms with van der Waals surface area (Å²) in [5, 5.41) is 0. The minimum absolute atomic E-state index is 0.0212. The monoisotopic (exact) mass is 234 g/mol. The van der Waals surface area contributed by atoms with Gasteiger partial charge in [0, 0.05) is 12.3 Å². The highest BCUT2D eigenvalue weighted by Crippen LogP contribution is 2.61. The molecule has 0 aromatic rings. The average Bonchev–Trinajstić information content (AvgIpc) is 2.55. The van der Waals surface area contributed by atoms with Gasteiger partial charge in [-0.2, -0.15) is 13.2 Å². The number of ether oxygens (including phenoxy) is 1. The van der Waals surface area contributed by atoms with Crippen LogP contribution in [0.2, 0.25) is 0 Å². The van der Waals surface area contributed by atoms with Crippen molar-refractivity contribution in [2.24, 2.45) is 11.3 Å². The summed E-state index contributed by atoms with van der Waals surface area (Å²) in [4.78, 5) is 11.8. The van der Waals surface area contributed by atoms with Crippen LogP contribution in [0, 0.1) is 11.3 Å². The van der Waals surface area contributed by atoms with Crippen molar-refractivity contribution in [1.29, 1.82) is 0 Å². The van der Waals surface area contributed by atoms with Crippen LogP contribution in [0.1, 0.15) is 32.1 Å². The molecular formula is C11H13F3O2. The Labute approximate surface area is 91.1 Å². The van der Waals surface area contributed by atoms with E-state index in [0.717, 1.165) is 0 Å². The number of Topliss-reactive ketones (excluding diaryl/α,β-unsaturated/α-hetero) is 1. The first-order valence-corrected chi connectivity index (χ1v) is 5.70. The molecule has 5 heteroatoms. The highest BCUT2D eigenvalue weighted by Gasteiger charge is 2.70. The smallest absolute Gasteiger partial charge is 0.375 e. The number of fused-ring (bicyclic) bond motifs is 1. The Morgan fingerprint density at radius 3 is 2.75 bits per heavy atom. The Kier molecular flexibility index (Phi) is 1.98. The van der Waals surface area contributed by atoms with E-state index in [1.807, 2.05) is 0 Å². The van der Waals surface area contributed by atoms with Gasteiger partial charge in [0.2, 0.25) is 0 Å². The summed E-state index contributed by atoms with van der Waals surface area (Å²) in [5.41, 5.74) is -2.08. The molecule has 1 saturated heterocycles. The van der Waals surface area contributed by atoms with E-state index in [-0.39, 0.29) is 25.0 Å². The van der Waals surface area contributed by atoms with Crippen molar-refractivity contribution in [2.75, 3.05) is 0 Å². The lowest BCUT2D eigenvalue weighted by Crippen LogP contribution is -2.56. The summed E-state index contributed by atoms with van der Waals surface area (Å²) in [7, 11) is 0. The third-order valence-corrected chi connectivity index (χ3v) is 4.49. The maximum absolute atomic E-state index is 13.2. The highest BCUT2D eigenvalue weighted by atomic mass is 19.4. The molecule has 90 valence electrons. The molecule has 0 aromatic carbocycles. The molecule has 1 aliphatic heterocycles. The molecule has 0 amide bonds. The molecule has 0 unspecified atom stereocenters. The molecule has 0 radical (unpaired) electrons. The van der Waals surface area contributed by atoms with Gasteiger partial charge in [0.1, 0.15) is 11.2 Å². The molecule has 3 fully saturated rings. The SMILES string of the molecule is O=C1CC[C@@H]2O[C@@H]3CC[C@@]1(C(F)(F)F)[C@H]2C3. The van der Waals surface area contributed by atoms with Gasteiger partial charge < -0.3 is 4.74 Å². The first-order chi connectivity index (χ1) is 7.45. The van der Waals surface area contributed by atoms with E-state index in [2.05, 4.69) is 0 Å². The van der Waals surface area contributed by atoms with Crippen LogP contribution < -0.4 is 0 Å². The molecule has 4 atom stereocenters. The first-order valence-electron chi connectivity index (χ1n) is 5.70. The van der Waals surface area contributed by atoms with Crippen LogP contribution in [0.5, 0.6) is 0 Å². The number of alkyl halides is 3. The molecule has 2 saturated carbocycles. The van der Waals surface area contributed by atoms with E-state index in [4.69, 9.17) is 4.74 Å². The van der Waals surface area contributed by atoms with Crippen LogP contribution in [-0.2, 0) is 9.53 Å². The van der Waals surface area contributed by atoms with Gasteiger partial charge in [-0.1, -0.05) is 0 Å². The molecule has 1 heterocycles. The van der Waals surface area contributed by atoms with E-state index in [1.54, 1.807) is 0 Å². The van der Waals surface area contributed by atoms with Gasteiger partial charge in [-0.3, -0.25) is 4.79 Å². The van der Waals surface area contributed by atoms with E-state index < -0.39 is 23.3 Å². The second kappa shape index (κ2) is 3.00. The van der Waals surface area contributed by atoms with Crippen LogP contribution in [0.4, 0.5) is 13.2 Å². The zero-order valence-corrected chi connectivity index (χ0v) is 8.72. The van der Waals surface area contributed by atoms with Crippen LogP contribution in [-0.4, -0.2) is 24.2 Å². The maximum Gasteiger partial charge on any atom is 0.401 e. The van der Waals surface area contributed by atoms with Gasteiger partial charge in [-0.25, -0.2) is 0 Å². The minimum atomic E-state index is -4.41. The number of carbonyl (C=O) groups excluding carboxylic acids is 1. The average molecular weight is 234 g/mol. The predicted octanol–water partition coefficient (Wildman–Crippen LogP) is 2.47. The third-order valence-electron chi connectivity index (χ3n) is 4.49. The van der Waals surface area contributed by atoms with Gasteiger partial charge in [0.05, 0.1) is 12.2 Å². The summed E-state index contributed by atoms with van der Waals surface area (Å²) in [5.74, 6) is -1.22. The van der Waals surface area contributed by atoms with Crippen molar-refractivity contribution >= 4 is 5.78 Å². The van der Waals surface area contributed by atoms with Gasteiger partial charge in [0.25, 0.3) is 0 Å². The number of carbonyl (C=O) groups is 1. The Bertz CT molecular complexity index is 339. The van der Waals surface area contributed by atoms with Crippen molar-refractivity contribution in [3.8, 4) is 0 Å². The quantitative estimate of drug-likeness (QED) is 0.643. The van der Waals surface area contributed by atoms with Crippen molar-refractivity contribution < 1.29 is 22.7 Å². The molecule has 16 heavy (non-hydrogen) atoms. The normalized spacial score (nSPS) is 47.2. The first kappa shape index (κ1) is 10.6. The molecule has 2 bridgehead atoms. The molecule has 0 aromatic heterocycles. The number of hydrogen-bond acceptors (Lipinski definition) is 2. The number of ketones is 1. The van der Waals surface area contributed by atoms with Crippen molar-refractivity contribution in [2.45, 2.75) is 50.5 Å². The van der Waals surface area contributed by atoms with Crippen LogP contribution in [0.3, 0.4) is 0 Å². The summed E-state index contributed by atoms with van der Waals surface area (Å²) >= 11 is 0. The van der Waals surface area contributed by atoms with Gasteiger partial charge in [-0.15, -0.1) is 0 Å². The zero-order chi connectivity index (χ0) is 11.6. The molecule has 3 aliphatic rings. The van der Waals surface area contributed by atoms with E-state index in [1.165, 1.54) is 0 Å². The standard InChI is InChI=1S/C11H13F3O2/c12-11(13,14)10-4-3-6-5-7(10)8(16-6)1-2-9(10)15/h6-8H,1-5H2/t6-,7+,8+,10-/m1/s1. The minimum Gasteiger partial charge on any atom is -0.375 e. The zero-order valence-electron chi connectivity index (χ0n) is 8.72. The fourth-order valence-corrected chi connectivity index (χ4v) is 3.73. The van der Waals surface area contributed by atoms with Gasteiger partial charge in [0.15, 0.2) is 0 Å². The molecule has 0 spiro atoms. The van der Waals surface area contributed by atoms with Crippen molar-refractivity contribution in [3.63, 3.8) is 0 Å². The third kappa shape index (κ3) is 1.10. The predicted molar refractivity (Wildman–Crippen MR) is 48.7 cm³/mol. The van der Waals surface area contributed by atoms with Crippen LogP contribution in [0.15, 0.2) is 0 Å². The maximum atomic E-state index is 13.2. The second-order valence-electron chi connectivity index (χ2n) is 5.11. The second-order valence-corrected chi connectivity index (χ2v) is 5.11. The Morgan fingerprint density at radius 1 is 1.31 bits per heavy atom. The molecule has 0 N–H and O–H groups in total. The summed E-state index contributed by atoms with van der Waals surface area (Å²) in [6, 6.07) is 0. The molecule has 3 rings (SSSR count). The van der Waals surface area contributed by atoms with Crippen LogP contribution in [0.25, 0.3) is 0 Å². The van der Waals surface area contributed by atoms with Gasteiger partial charge >= 0.3 is 6.18 Å². The van der Waals surface area contributed by atoms with Gasteiger partial charge in [-0.05, 0) is 25.7 Å². The fraction of sp³-hybridized carbons (Fsp3) is 0.909. The number of halogens is 3. The lowest BCUT2D eigenvalue weighted by molar-refractivity contribution is -0.247. The summed E-state index contributed by atoms with van der Waals surface area (Å²) < 4.78 is 45.3. The van der Waals surface area contributed by atoms with E-state index in [0.29, 0.717) is 19.3 Å². The Hall–Kier alpha value is -0.580. The number of hydrogen-bond donors (Lipinski definition) is 0. The van der Waals surface area contributed by atoms with Crippen molar-refractivity contribution in [1.82, 2.24) is 0 Å². The molecular weight excluding hydrogens is 221 g/mol. The van der Waals surface area contributed by atoms with Crippen molar-refractivity contribution in [3.05, 3.63) is 0 Å². The lowest BCUT2D eigenvalue weighted by atomic mass is 9.58. The topological polar surface area (TPSA) is 26.3 Å². The summed E-state index contributed by atoms with van der Waals surface area (Å²) in [6.07, 6.45) is -3.59. The summed E-state index contributed by atoms with van der Waals surface area (Å²) in [6.45, 7) is 0. The fourth-order valence-electron chi connectivity index (χ4n) is 3.73. The van der Waals surface area contributed by atoms with E-state index >= 15 is 0 Å². The molecule has 2 nitrogen and oxygen atoms in total. The number of rotatable bonds is 0.